The fourth-order valence-corrected chi connectivity index (χ4v) is 3.00. The molecule has 1 rings (SSSR count). The van der Waals surface area contributed by atoms with Crippen LogP contribution in [0.1, 0.15) is 66.7 Å². The second kappa shape index (κ2) is 5.62. The Morgan fingerprint density at radius 1 is 1.15 bits per heavy atom. The van der Waals surface area contributed by atoms with E-state index in [2.05, 4.69) is 5.32 Å². The second-order valence-electron chi connectivity index (χ2n) is 7.37. The molecular formula is C15H27NO4. The summed E-state index contributed by atoms with van der Waals surface area (Å²) in [7, 11) is 0. The van der Waals surface area contributed by atoms with Gasteiger partial charge in [-0.05, 0) is 39.0 Å². The van der Waals surface area contributed by atoms with Crippen LogP contribution in [0.25, 0.3) is 0 Å². The van der Waals surface area contributed by atoms with Crippen LogP contribution in [0.2, 0.25) is 0 Å². The number of carboxylic acids is 1. The highest BCUT2D eigenvalue weighted by molar-refractivity contribution is 5.71. The van der Waals surface area contributed by atoms with Gasteiger partial charge in [-0.1, -0.05) is 26.7 Å². The molecule has 5 nitrogen and oxygen atoms in total. The molecule has 2 N–H and O–H groups in total. The Labute approximate surface area is 121 Å². The number of rotatable bonds is 4. The Balaban J connectivity index is 2.87. The standard InChI is InChI=1S/C15H27NO4/c1-13(2,3)20-12(19)16-15(8-6-7-9-15)14(4,5)10-11(17)18/h6-10H2,1-5H3,(H,16,19)(H,17,18). The van der Waals surface area contributed by atoms with Gasteiger partial charge in [0.15, 0.2) is 0 Å². The van der Waals surface area contributed by atoms with E-state index in [-0.39, 0.29) is 6.42 Å². The molecule has 0 unspecified atom stereocenters. The van der Waals surface area contributed by atoms with Gasteiger partial charge in [-0.15, -0.1) is 0 Å². The Morgan fingerprint density at radius 3 is 2.05 bits per heavy atom. The van der Waals surface area contributed by atoms with Crippen LogP contribution >= 0.6 is 0 Å². The first kappa shape index (κ1) is 16.8. The Bertz CT molecular complexity index is 376. The third-order valence-corrected chi connectivity index (χ3v) is 4.09. The number of aliphatic carboxylic acids is 1. The van der Waals surface area contributed by atoms with Gasteiger partial charge in [0.25, 0.3) is 0 Å². The summed E-state index contributed by atoms with van der Waals surface area (Å²) in [6.45, 7) is 9.26. The number of hydrogen-bond donors (Lipinski definition) is 2. The molecule has 0 spiro atoms. The highest BCUT2D eigenvalue weighted by Gasteiger charge is 2.49. The molecule has 0 heterocycles. The number of hydrogen-bond acceptors (Lipinski definition) is 3. The van der Waals surface area contributed by atoms with E-state index in [4.69, 9.17) is 9.84 Å². The fourth-order valence-electron chi connectivity index (χ4n) is 3.00. The minimum Gasteiger partial charge on any atom is -0.481 e. The molecule has 0 aromatic rings. The van der Waals surface area contributed by atoms with E-state index in [1.807, 2.05) is 34.6 Å². The van der Waals surface area contributed by atoms with Gasteiger partial charge in [0.05, 0.1) is 6.42 Å². The van der Waals surface area contributed by atoms with Crippen molar-refractivity contribution in [2.75, 3.05) is 0 Å². The molecule has 1 amide bonds. The van der Waals surface area contributed by atoms with E-state index in [0.717, 1.165) is 25.7 Å². The number of carboxylic acid groups (broad SMARTS) is 1. The van der Waals surface area contributed by atoms with Crippen molar-refractivity contribution < 1.29 is 19.4 Å². The monoisotopic (exact) mass is 285 g/mol. The predicted molar refractivity (Wildman–Crippen MR) is 76.6 cm³/mol. The zero-order valence-corrected chi connectivity index (χ0v) is 13.2. The van der Waals surface area contributed by atoms with Gasteiger partial charge < -0.3 is 15.2 Å². The van der Waals surface area contributed by atoms with Crippen LogP contribution in [0.15, 0.2) is 0 Å². The highest BCUT2D eigenvalue weighted by Crippen LogP contribution is 2.45. The van der Waals surface area contributed by atoms with Gasteiger partial charge in [0, 0.05) is 5.54 Å². The number of nitrogens with one attached hydrogen (secondary N) is 1. The molecule has 0 atom stereocenters. The molecule has 0 aliphatic heterocycles. The Morgan fingerprint density at radius 2 is 1.65 bits per heavy atom. The molecule has 1 aliphatic carbocycles. The van der Waals surface area contributed by atoms with E-state index in [9.17, 15) is 9.59 Å². The van der Waals surface area contributed by atoms with E-state index in [0.29, 0.717) is 0 Å². The molecule has 116 valence electrons. The Kier molecular flexibility index (Phi) is 4.72. The second-order valence-corrected chi connectivity index (χ2v) is 7.37. The molecular weight excluding hydrogens is 258 g/mol. The topological polar surface area (TPSA) is 75.6 Å². The van der Waals surface area contributed by atoms with Crippen LogP contribution in [0.3, 0.4) is 0 Å². The van der Waals surface area contributed by atoms with Crippen molar-refractivity contribution in [1.82, 2.24) is 5.32 Å². The van der Waals surface area contributed by atoms with Gasteiger partial charge in [-0.3, -0.25) is 4.79 Å². The first-order valence-corrected chi connectivity index (χ1v) is 7.20. The third-order valence-electron chi connectivity index (χ3n) is 4.09. The molecule has 5 heteroatoms. The minimum atomic E-state index is -0.840. The molecule has 1 fully saturated rings. The number of alkyl carbamates (subject to hydrolysis) is 1. The largest absolute Gasteiger partial charge is 0.481 e. The summed E-state index contributed by atoms with van der Waals surface area (Å²) in [5.41, 5.74) is -1.55. The average Bonchev–Trinajstić information content (AvgIpc) is 2.62. The lowest BCUT2D eigenvalue weighted by atomic mass is 9.69. The molecule has 1 aliphatic rings. The zero-order valence-electron chi connectivity index (χ0n) is 13.2. The first-order valence-electron chi connectivity index (χ1n) is 7.20. The number of carbonyl (C=O) groups is 2. The fraction of sp³-hybridized carbons (Fsp3) is 0.867. The van der Waals surface area contributed by atoms with Crippen LogP contribution in [-0.4, -0.2) is 28.3 Å². The summed E-state index contributed by atoms with van der Waals surface area (Å²) in [5, 5.41) is 12.1. The quantitative estimate of drug-likeness (QED) is 0.830. The van der Waals surface area contributed by atoms with Gasteiger partial charge in [-0.25, -0.2) is 4.79 Å². The van der Waals surface area contributed by atoms with Crippen LogP contribution < -0.4 is 5.32 Å². The Hall–Kier alpha value is -1.26. The van der Waals surface area contributed by atoms with Gasteiger partial charge in [-0.2, -0.15) is 0 Å². The summed E-state index contributed by atoms with van der Waals surface area (Å²) >= 11 is 0. The lowest BCUT2D eigenvalue weighted by Gasteiger charge is -2.44. The van der Waals surface area contributed by atoms with E-state index in [1.54, 1.807) is 0 Å². The van der Waals surface area contributed by atoms with Crippen molar-refractivity contribution >= 4 is 12.1 Å². The van der Waals surface area contributed by atoms with Gasteiger partial charge >= 0.3 is 12.1 Å². The number of amides is 1. The van der Waals surface area contributed by atoms with Gasteiger partial charge in [0.1, 0.15) is 5.60 Å². The molecule has 0 aromatic heterocycles. The van der Waals surface area contributed by atoms with E-state index >= 15 is 0 Å². The molecule has 0 saturated heterocycles. The van der Waals surface area contributed by atoms with Crippen molar-refractivity contribution in [3.63, 3.8) is 0 Å². The van der Waals surface area contributed by atoms with Crippen LogP contribution in [-0.2, 0) is 9.53 Å². The van der Waals surface area contributed by atoms with Crippen LogP contribution in [0.4, 0.5) is 4.79 Å². The van der Waals surface area contributed by atoms with Gasteiger partial charge in [0.2, 0.25) is 0 Å². The predicted octanol–water partition coefficient (Wildman–Crippen LogP) is 3.32. The molecule has 0 aromatic carbocycles. The maximum atomic E-state index is 12.1. The van der Waals surface area contributed by atoms with Crippen molar-refractivity contribution in [2.24, 2.45) is 5.41 Å². The normalized spacial score (nSPS) is 18.6. The summed E-state index contributed by atoms with van der Waals surface area (Å²) in [5.74, 6) is -0.840. The molecule has 0 radical (unpaired) electrons. The SMILES string of the molecule is CC(C)(C)OC(=O)NC1(C(C)(C)CC(=O)O)CCCC1. The number of carbonyl (C=O) groups excluding carboxylic acids is 1. The minimum absolute atomic E-state index is 0.0306. The number of ether oxygens (including phenoxy) is 1. The maximum Gasteiger partial charge on any atom is 0.408 e. The summed E-state index contributed by atoms with van der Waals surface area (Å²) in [6.07, 6.45) is 3.16. The van der Waals surface area contributed by atoms with Crippen LogP contribution in [0, 0.1) is 5.41 Å². The lowest BCUT2D eigenvalue weighted by Crippen LogP contribution is -2.57. The van der Waals surface area contributed by atoms with Crippen molar-refractivity contribution in [3.8, 4) is 0 Å². The zero-order chi connectivity index (χ0) is 15.6. The summed E-state index contributed by atoms with van der Waals surface area (Å²) in [6, 6.07) is 0. The molecule has 0 bridgehead atoms. The first-order chi connectivity index (χ1) is 8.97. The van der Waals surface area contributed by atoms with Crippen molar-refractivity contribution in [1.29, 1.82) is 0 Å². The van der Waals surface area contributed by atoms with E-state index < -0.39 is 28.6 Å². The smallest absolute Gasteiger partial charge is 0.408 e. The van der Waals surface area contributed by atoms with Crippen LogP contribution in [0.5, 0.6) is 0 Å². The summed E-state index contributed by atoms with van der Waals surface area (Å²) < 4.78 is 5.33. The highest BCUT2D eigenvalue weighted by atomic mass is 16.6. The summed E-state index contributed by atoms with van der Waals surface area (Å²) in [4.78, 5) is 23.2. The molecule has 20 heavy (non-hydrogen) atoms. The third kappa shape index (κ3) is 4.12. The average molecular weight is 285 g/mol. The van der Waals surface area contributed by atoms with E-state index in [1.165, 1.54) is 0 Å². The molecule has 1 saturated carbocycles. The lowest BCUT2D eigenvalue weighted by molar-refractivity contribution is -0.140. The van der Waals surface area contributed by atoms with Crippen molar-refractivity contribution in [2.45, 2.75) is 77.9 Å². The maximum absolute atomic E-state index is 12.1. The van der Waals surface area contributed by atoms with Crippen molar-refractivity contribution in [3.05, 3.63) is 0 Å².